The lowest BCUT2D eigenvalue weighted by atomic mass is 10.1. The molecule has 122 valence electrons. The van der Waals surface area contributed by atoms with Crippen LogP contribution in [-0.2, 0) is 14.3 Å². The summed E-state index contributed by atoms with van der Waals surface area (Å²) in [6.45, 7) is 4.08. The Morgan fingerprint density at radius 3 is 2.61 bits per heavy atom. The van der Waals surface area contributed by atoms with Gasteiger partial charge in [0.25, 0.3) is 5.91 Å². The number of aromatic carboxylic acids is 1. The van der Waals surface area contributed by atoms with E-state index >= 15 is 0 Å². The summed E-state index contributed by atoms with van der Waals surface area (Å²) in [5, 5.41) is 9.12. The lowest BCUT2D eigenvalue weighted by molar-refractivity contribution is -0.123. The Hall–Kier alpha value is -2.25. The second-order valence-corrected chi connectivity index (χ2v) is 5.74. The number of hydrogen-bond acceptors (Lipinski definition) is 5. The molecule has 3 rings (SSSR count). The molecule has 0 radical (unpaired) electrons. The molecule has 7 nitrogen and oxygen atoms in total. The van der Waals surface area contributed by atoms with Gasteiger partial charge in [0.1, 0.15) is 0 Å². The summed E-state index contributed by atoms with van der Waals surface area (Å²) < 4.78 is 5.28. The molecule has 2 saturated heterocycles. The minimum absolute atomic E-state index is 0.0565. The van der Waals surface area contributed by atoms with Gasteiger partial charge in [0.15, 0.2) is 0 Å². The number of carbonyl (C=O) groups excluding carboxylic acids is 2. The number of nitrogens with zero attached hydrogens (tertiary/aromatic N) is 2. The van der Waals surface area contributed by atoms with Gasteiger partial charge in [0.05, 0.1) is 36.9 Å². The first-order chi connectivity index (χ1) is 11.0. The first-order valence-electron chi connectivity index (χ1n) is 7.51. The summed E-state index contributed by atoms with van der Waals surface area (Å²) in [4.78, 5) is 39.3. The van der Waals surface area contributed by atoms with Gasteiger partial charge < -0.3 is 9.84 Å². The van der Waals surface area contributed by atoms with Crippen LogP contribution in [0.3, 0.4) is 0 Å². The van der Waals surface area contributed by atoms with Crippen LogP contribution in [-0.4, -0.2) is 60.1 Å². The number of carboxylic acids is 1. The Balaban J connectivity index is 1.91. The van der Waals surface area contributed by atoms with E-state index in [1.165, 1.54) is 12.1 Å². The van der Waals surface area contributed by atoms with Crippen molar-refractivity contribution in [3.8, 4) is 0 Å². The topological polar surface area (TPSA) is 87.2 Å². The third-order valence-corrected chi connectivity index (χ3v) is 4.31. The summed E-state index contributed by atoms with van der Waals surface area (Å²) in [5.41, 5.74) is 1.11. The van der Waals surface area contributed by atoms with E-state index in [-0.39, 0.29) is 23.8 Å². The summed E-state index contributed by atoms with van der Waals surface area (Å²) in [5.74, 6) is -1.67. The van der Waals surface area contributed by atoms with Crippen molar-refractivity contribution in [1.29, 1.82) is 0 Å². The molecule has 1 N–H and O–H groups in total. The van der Waals surface area contributed by atoms with E-state index < -0.39 is 12.0 Å². The molecule has 0 bridgehead atoms. The van der Waals surface area contributed by atoms with E-state index in [0.717, 1.165) is 4.90 Å². The smallest absolute Gasteiger partial charge is 0.335 e. The predicted molar refractivity (Wildman–Crippen MR) is 81.4 cm³/mol. The van der Waals surface area contributed by atoms with Gasteiger partial charge in [-0.2, -0.15) is 0 Å². The number of morpholine rings is 1. The molecule has 1 atom stereocenters. The highest BCUT2D eigenvalue weighted by molar-refractivity contribution is 6.23. The molecule has 0 aromatic heterocycles. The second kappa shape index (κ2) is 6.10. The molecule has 2 aliphatic rings. The molecule has 0 aliphatic carbocycles. The summed E-state index contributed by atoms with van der Waals surface area (Å²) >= 11 is 0. The highest BCUT2D eigenvalue weighted by Gasteiger charge is 2.43. The zero-order chi connectivity index (χ0) is 16.6. The summed E-state index contributed by atoms with van der Waals surface area (Å²) in [6.07, 6.45) is 0.121. The first kappa shape index (κ1) is 15.6. The largest absolute Gasteiger partial charge is 0.478 e. The van der Waals surface area contributed by atoms with Gasteiger partial charge in [-0.05, 0) is 24.6 Å². The number of aryl methyl sites for hydroxylation is 1. The van der Waals surface area contributed by atoms with Gasteiger partial charge in [-0.25, -0.2) is 9.69 Å². The number of carbonyl (C=O) groups is 3. The molecule has 7 heteroatoms. The van der Waals surface area contributed by atoms with Crippen LogP contribution in [0.25, 0.3) is 0 Å². The van der Waals surface area contributed by atoms with Crippen LogP contribution in [0.15, 0.2) is 18.2 Å². The van der Waals surface area contributed by atoms with Crippen molar-refractivity contribution in [2.45, 2.75) is 19.4 Å². The maximum Gasteiger partial charge on any atom is 0.335 e. The zero-order valence-corrected chi connectivity index (χ0v) is 12.8. The Labute approximate surface area is 133 Å². The molecule has 2 heterocycles. The molecule has 1 aromatic rings. The zero-order valence-electron chi connectivity index (χ0n) is 12.8. The van der Waals surface area contributed by atoms with Crippen LogP contribution in [0.5, 0.6) is 0 Å². The third-order valence-electron chi connectivity index (χ3n) is 4.31. The van der Waals surface area contributed by atoms with Crippen molar-refractivity contribution in [2.24, 2.45) is 0 Å². The van der Waals surface area contributed by atoms with E-state index in [0.29, 0.717) is 37.6 Å². The molecule has 0 saturated carbocycles. The predicted octanol–water partition coefficient (Wildman–Crippen LogP) is 0.657. The van der Waals surface area contributed by atoms with Crippen molar-refractivity contribution in [1.82, 2.24) is 4.90 Å². The second-order valence-electron chi connectivity index (χ2n) is 5.74. The standard InChI is InChI=1S/C16H18N2O5/c1-10-2-3-11(16(21)22)8-12(10)18-14(19)9-13(15(18)20)17-4-6-23-7-5-17/h2-3,8,13H,4-7,9H2,1H3,(H,21,22). The van der Waals surface area contributed by atoms with E-state index in [4.69, 9.17) is 9.84 Å². The molecule has 23 heavy (non-hydrogen) atoms. The minimum atomic E-state index is -1.09. The van der Waals surface area contributed by atoms with Crippen molar-refractivity contribution in [3.05, 3.63) is 29.3 Å². The van der Waals surface area contributed by atoms with Crippen molar-refractivity contribution in [2.75, 3.05) is 31.2 Å². The SMILES string of the molecule is Cc1ccc(C(=O)O)cc1N1C(=O)CC(N2CCOCC2)C1=O. The van der Waals surface area contributed by atoms with Crippen LogP contribution in [0.2, 0.25) is 0 Å². The minimum Gasteiger partial charge on any atom is -0.478 e. The number of imide groups is 1. The summed E-state index contributed by atoms with van der Waals surface area (Å²) in [7, 11) is 0. The van der Waals surface area contributed by atoms with Gasteiger partial charge in [0, 0.05) is 13.1 Å². The van der Waals surface area contributed by atoms with Gasteiger partial charge in [0.2, 0.25) is 5.91 Å². The Kier molecular flexibility index (Phi) is 4.14. The molecule has 2 aliphatic heterocycles. The molecule has 1 aromatic carbocycles. The fourth-order valence-corrected chi connectivity index (χ4v) is 3.03. The average molecular weight is 318 g/mol. The van der Waals surface area contributed by atoms with Crippen LogP contribution in [0.4, 0.5) is 5.69 Å². The monoisotopic (exact) mass is 318 g/mol. The number of benzene rings is 1. The molecule has 1 unspecified atom stereocenters. The number of amides is 2. The molecule has 0 spiro atoms. The maximum atomic E-state index is 12.7. The number of anilines is 1. The fraction of sp³-hybridized carbons (Fsp3) is 0.438. The number of rotatable bonds is 3. The van der Waals surface area contributed by atoms with Gasteiger partial charge >= 0.3 is 5.97 Å². The van der Waals surface area contributed by atoms with E-state index in [1.54, 1.807) is 13.0 Å². The molecular formula is C16H18N2O5. The van der Waals surface area contributed by atoms with Gasteiger partial charge in [-0.15, -0.1) is 0 Å². The number of ether oxygens (including phenoxy) is 1. The normalized spacial score (nSPS) is 22.7. The molecule has 2 amide bonds. The first-order valence-corrected chi connectivity index (χ1v) is 7.51. The van der Waals surface area contributed by atoms with E-state index in [1.807, 2.05) is 4.90 Å². The highest BCUT2D eigenvalue weighted by Crippen LogP contribution is 2.29. The quantitative estimate of drug-likeness (QED) is 0.824. The molecular weight excluding hydrogens is 300 g/mol. The Morgan fingerprint density at radius 1 is 1.26 bits per heavy atom. The van der Waals surface area contributed by atoms with Crippen LogP contribution in [0.1, 0.15) is 22.3 Å². The maximum absolute atomic E-state index is 12.7. The van der Waals surface area contributed by atoms with Gasteiger partial charge in [-0.1, -0.05) is 6.07 Å². The van der Waals surface area contributed by atoms with Crippen molar-refractivity contribution < 1.29 is 24.2 Å². The van der Waals surface area contributed by atoms with Gasteiger partial charge in [-0.3, -0.25) is 14.5 Å². The fourth-order valence-electron chi connectivity index (χ4n) is 3.03. The van der Waals surface area contributed by atoms with E-state index in [2.05, 4.69) is 0 Å². The van der Waals surface area contributed by atoms with Crippen molar-refractivity contribution in [3.63, 3.8) is 0 Å². The third kappa shape index (κ3) is 2.85. The van der Waals surface area contributed by atoms with E-state index in [9.17, 15) is 14.4 Å². The molecule has 2 fully saturated rings. The lowest BCUT2D eigenvalue weighted by Gasteiger charge is -2.30. The Morgan fingerprint density at radius 2 is 1.96 bits per heavy atom. The summed E-state index contributed by atoms with van der Waals surface area (Å²) in [6, 6.07) is 3.97. The highest BCUT2D eigenvalue weighted by atomic mass is 16.5. The van der Waals surface area contributed by atoms with Crippen LogP contribution in [0, 0.1) is 6.92 Å². The van der Waals surface area contributed by atoms with Crippen LogP contribution < -0.4 is 4.90 Å². The number of carboxylic acid groups (broad SMARTS) is 1. The van der Waals surface area contributed by atoms with Crippen LogP contribution >= 0.6 is 0 Å². The number of hydrogen-bond donors (Lipinski definition) is 1. The Bertz CT molecular complexity index is 666. The average Bonchev–Trinajstić information content (AvgIpc) is 2.83. The lowest BCUT2D eigenvalue weighted by Crippen LogP contribution is -2.47. The van der Waals surface area contributed by atoms with Crippen molar-refractivity contribution >= 4 is 23.5 Å².